The number of carbonyl (C=O) groups excluding carboxylic acids is 2. The number of hydrogen-bond donors (Lipinski definition) is 0. The molecule has 0 unspecified atom stereocenters. The van der Waals surface area contributed by atoms with E-state index >= 15 is 0 Å². The molecule has 0 saturated heterocycles. The highest BCUT2D eigenvalue weighted by Gasteiger charge is 2.31. The predicted octanol–water partition coefficient (Wildman–Crippen LogP) is 4.99. The summed E-state index contributed by atoms with van der Waals surface area (Å²) in [6.45, 7) is 10.3. The van der Waals surface area contributed by atoms with Gasteiger partial charge in [0, 0.05) is 24.4 Å². The van der Waals surface area contributed by atoms with Gasteiger partial charge in [-0.15, -0.1) is 11.3 Å². The summed E-state index contributed by atoms with van der Waals surface area (Å²) in [5.41, 5.74) is 2.06. The third-order valence-corrected chi connectivity index (χ3v) is 7.01. The van der Waals surface area contributed by atoms with Crippen molar-refractivity contribution in [1.82, 2.24) is 9.80 Å². The van der Waals surface area contributed by atoms with Crippen LogP contribution < -0.4 is 9.47 Å². The Morgan fingerprint density at radius 2 is 1.79 bits per heavy atom. The molecule has 0 atom stereocenters. The summed E-state index contributed by atoms with van der Waals surface area (Å²) in [5.74, 6) is 2.02. The Bertz CT molecular complexity index is 1010. The van der Waals surface area contributed by atoms with Crippen LogP contribution in [-0.4, -0.2) is 41.5 Å². The van der Waals surface area contributed by atoms with Crippen molar-refractivity contribution < 1.29 is 19.1 Å². The Morgan fingerprint density at radius 3 is 2.45 bits per heavy atom. The molecule has 0 bridgehead atoms. The van der Waals surface area contributed by atoms with Crippen LogP contribution in [-0.2, 0) is 22.7 Å². The number of aryl methyl sites for hydroxylation is 1. The predicted molar refractivity (Wildman–Crippen MR) is 129 cm³/mol. The van der Waals surface area contributed by atoms with E-state index in [9.17, 15) is 9.59 Å². The van der Waals surface area contributed by atoms with Crippen molar-refractivity contribution in [2.45, 2.75) is 60.0 Å². The van der Waals surface area contributed by atoms with Crippen LogP contribution in [0.15, 0.2) is 29.6 Å². The fourth-order valence-electron chi connectivity index (χ4n) is 3.93. The lowest BCUT2D eigenvalue weighted by Gasteiger charge is -2.30. The van der Waals surface area contributed by atoms with E-state index < -0.39 is 0 Å². The van der Waals surface area contributed by atoms with Gasteiger partial charge in [-0.25, -0.2) is 0 Å². The molecule has 2 aliphatic rings. The molecule has 1 aliphatic carbocycles. The quantitative estimate of drug-likeness (QED) is 0.518. The molecule has 7 heteroatoms. The number of fused-ring (bicyclic) bond motifs is 1. The van der Waals surface area contributed by atoms with Crippen molar-refractivity contribution in [3.63, 3.8) is 0 Å². The third-order valence-electron chi connectivity index (χ3n) is 6.00. The summed E-state index contributed by atoms with van der Waals surface area (Å²) in [6, 6.07) is 7.89. The molecule has 2 amide bonds. The van der Waals surface area contributed by atoms with E-state index in [1.807, 2.05) is 23.1 Å². The fourth-order valence-corrected chi connectivity index (χ4v) is 4.85. The monoisotopic (exact) mass is 470 g/mol. The number of rotatable bonds is 9. The van der Waals surface area contributed by atoms with E-state index in [0.717, 1.165) is 24.2 Å². The molecule has 6 nitrogen and oxygen atoms in total. The van der Waals surface area contributed by atoms with Gasteiger partial charge in [0.2, 0.25) is 18.6 Å². The Morgan fingerprint density at radius 1 is 1.03 bits per heavy atom. The third kappa shape index (κ3) is 6.50. The van der Waals surface area contributed by atoms with Crippen LogP contribution >= 0.6 is 11.3 Å². The number of hydrogen-bond acceptors (Lipinski definition) is 5. The maximum atomic E-state index is 13.6. The van der Waals surface area contributed by atoms with Gasteiger partial charge in [0.1, 0.15) is 0 Å². The second-order valence-corrected chi connectivity index (χ2v) is 11.4. The normalized spacial score (nSPS) is 14.9. The van der Waals surface area contributed by atoms with Crippen molar-refractivity contribution in [2.75, 3.05) is 19.9 Å². The lowest BCUT2D eigenvalue weighted by atomic mass is 9.91. The second-order valence-electron chi connectivity index (χ2n) is 10.4. The Labute approximate surface area is 200 Å². The molecule has 0 N–H and O–H groups in total. The number of nitrogens with zero attached hydrogens (tertiary/aromatic N) is 2. The van der Waals surface area contributed by atoms with Gasteiger partial charge in [0.15, 0.2) is 11.5 Å². The van der Waals surface area contributed by atoms with Crippen molar-refractivity contribution in [2.24, 2.45) is 11.3 Å². The van der Waals surface area contributed by atoms with Crippen LogP contribution in [0.25, 0.3) is 0 Å². The average molecular weight is 471 g/mol. The Kier molecular flexibility index (Phi) is 6.98. The van der Waals surface area contributed by atoms with Crippen molar-refractivity contribution in [3.05, 3.63) is 45.6 Å². The van der Waals surface area contributed by atoms with Crippen molar-refractivity contribution >= 4 is 23.2 Å². The van der Waals surface area contributed by atoms with Gasteiger partial charge in [-0.2, -0.15) is 0 Å². The summed E-state index contributed by atoms with van der Waals surface area (Å²) in [4.78, 5) is 31.5. The first-order valence-electron chi connectivity index (χ1n) is 11.6. The molecule has 1 aromatic heterocycles. The molecular weight excluding hydrogens is 436 g/mol. The van der Waals surface area contributed by atoms with Crippen molar-refractivity contribution in [3.8, 4) is 11.5 Å². The molecule has 2 heterocycles. The number of thiophene rings is 1. The van der Waals surface area contributed by atoms with E-state index in [-0.39, 0.29) is 30.6 Å². The van der Waals surface area contributed by atoms with E-state index in [2.05, 4.69) is 39.1 Å². The summed E-state index contributed by atoms with van der Waals surface area (Å²) in [6.07, 6.45) is 2.73. The molecular formula is C26H34N2O4S. The summed E-state index contributed by atoms with van der Waals surface area (Å²) in [5, 5.41) is 2.06. The topological polar surface area (TPSA) is 59.1 Å². The molecule has 1 fully saturated rings. The maximum Gasteiger partial charge on any atom is 0.242 e. The van der Waals surface area contributed by atoms with Gasteiger partial charge in [0.25, 0.3) is 0 Å². The first-order valence-corrected chi connectivity index (χ1v) is 12.5. The van der Waals surface area contributed by atoms with Gasteiger partial charge in [-0.3, -0.25) is 9.59 Å². The molecule has 1 saturated carbocycles. The molecule has 0 spiro atoms. The smallest absolute Gasteiger partial charge is 0.242 e. The molecule has 2 aromatic rings. The van der Waals surface area contributed by atoms with Gasteiger partial charge in [0.05, 0.1) is 13.1 Å². The summed E-state index contributed by atoms with van der Waals surface area (Å²) in [7, 11) is 0. The minimum Gasteiger partial charge on any atom is -0.454 e. The van der Waals surface area contributed by atoms with Gasteiger partial charge in [-0.1, -0.05) is 26.8 Å². The zero-order valence-electron chi connectivity index (χ0n) is 20.1. The zero-order chi connectivity index (χ0) is 23.6. The largest absolute Gasteiger partial charge is 0.454 e. The highest BCUT2D eigenvalue weighted by Crippen LogP contribution is 2.33. The molecule has 1 aliphatic heterocycles. The lowest BCUT2D eigenvalue weighted by Crippen LogP contribution is -2.44. The van der Waals surface area contributed by atoms with E-state index in [0.29, 0.717) is 37.7 Å². The highest BCUT2D eigenvalue weighted by atomic mass is 32.1. The standard InChI is InChI=1S/C26H34N2O4S/c1-18-9-10-33-23(18)15-27(14-20-7-8-21-22(11-20)32-17-31-21)25(30)16-28(13-19-5-6-19)24(29)12-26(2,3)4/h7-11,19H,5-6,12-17H2,1-4H3. The van der Waals surface area contributed by atoms with Crippen LogP contribution in [0.5, 0.6) is 11.5 Å². The molecule has 178 valence electrons. The zero-order valence-corrected chi connectivity index (χ0v) is 20.9. The van der Waals surface area contributed by atoms with Gasteiger partial charge < -0.3 is 19.3 Å². The van der Waals surface area contributed by atoms with Gasteiger partial charge in [-0.05, 0) is 65.8 Å². The molecule has 1 aromatic carbocycles. The number of benzene rings is 1. The SMILES string of the molecule is Cc1ccsc1CN(Cc1ccc2c(c1)OCO2)C(=O)CN(CC1CC1)C(=O)CC(C)(C)C. The minimum absolute atomic E-state index is 0.0247. The first kappa shape index (κ1) is 23.6. The first-order chi connectivity index (χ1) is 15.7. The van der Waals surface area contributed by atoms with Crippen LogP contribution in [0.2, 0.25) is 0 Å². The molecule has 0 radical (unpaired) electrons. The molecule has 4 rings (SSSR count). The molecule has 33 heavy (non-hydrogen) atoms. The van der Waals surface area contributed by atoms with Crippen LogP contribution in [0.3, 0.4) is 0 Å². The summed E-state index contributed by atoms with van der Waals surface area (Å²) < 4.78 is 10.9. The minimum atomic E-state index is -0.109. The second kappa shape index (κ2) is 9.75. The van der Waals surface area contributed by atoms with E-state index in [1.54, 1.807) is 16.2 Å². The van der Waals surface area contributed by atoms with Gasteiger partial charge >= 0.3 is 0 Å². The van der Waals surface area contributed by atoms with Crippen LogP contribution in [0.4, 0.5) is 0 Å². The number of amides is 2. The maximum absolute atomic E-state index is 13.6. The average Bonchev–Trinajstić information content (AvgIpc) is 3.27. The van der Waals surface area contributed by atoms with E-state index in [4.69, 9.17) is 9.47 Å². The van der Waals surface area contributed by atoms with Crippen molar-refractivity contribution in [1.29, 1.82) is 0 Å². The Hall–Kier alpha value is -2.54. The number of carbonyl (C=O) groups is 2. The summed E-state index contributed by atoms with van der Waals surface area (Å²) >= 11 is 1.66. The van der Waals surface area contributed by atoms with Crippen LogP contribution in [0.1, 0.15) is 56.0 Å². The van der Waals surface area contributed by atoms with E-state index in [1.165, 1.54) is 10.4 Å². The number of ether oxygens (including phenoxy) is 2. The Balaban J connectivity index is 1.52. The lowest BCUT2D eigenvalue weighted by molar-refractivity contribution is -0.142. The fraction of sp³-hybridized carbons (Fsp3) is 0.538. The van der Waals surface area contributed by atoms with Crippen LogP contribution in [0, 0.1) is 18.3 Å². The highest BCUT2D eigenvalue weighted by molar-refractivity contribution is 7.10.